The van der Waals surface area contributed by atoms with Crippen LogP contribution in [0.15, 0.2) is 64.8 Å². The number of aryl methyl sites for hydroxylation is 2. The highest BCUT2D eigenvalue weighted by atomic mass is 32.2. The fourth-order valence-corrected chi connectivity index (χ4v) is 4.03. The first-order chi connectivity index (χ1) is 13.0. The topological polar surface area (TPSA) is 52.7 Å². The van der Waals surface area contributed by atoms with Crippen molar-refractivity contribution in [3.05, 3.63) is 82.2 Å². The lowest BCUT2D eigenvalue weighted by molar-refractivity contribution is 0.783. The first kappa shape index (κ1) is 17.5. The van der Waals surface area contributed by atoms with Crippen molar-refractivity contribution in [2.75, 3.05) is 0 Å². The van der Waals surface area contributed by atoms with Crippen LogP contribution < -0.4 is 5.56 Å². The Labute approximate surface area is 161 Å². The highest BCUT2D eigenvalue weighted by Crippen LogP contribution is 2.25. The molecule has 0 amide bonds. The van der Waals surface area contributed by atoms with E-state index in [0.717, 1.165) is 22.2 Å². The number of benzene rings is 2. The summed E-state index contributed by atoms with van der Waals surface area (Å²) < 4.78 is 3.71. The Morgan fingerprint density at radius 2 is 1.93 bits per heavy atom. The summed E-state index contributed by atoms with van der Waals surface area (Å²) in [6.07, 6.45) is 3.77. The van der Waals surface area contributed by atoms with Crippen LogP contribution in [-0.2, 0) is 12.8 Å². The van der Waals surface area contributed by atoms with Crippen LogP contribution in [0.25, 0.3) is 16.6 Å². The van der Waals surface area contributed by atoms with Gasteiger partial charge in [0.05, 0.1) is 22.3 Å². The van der Waals surface area contributed by atoms with Gasteiger partial charge in [-0.3, -0.25) is 13.9 Å². The van der Waals surface area contributed by atoms with Crippen molar-refractivity contribution in [1.29, 1.82) is 0 Å². The predicted molar refractivity (Wildman–Crippen MR) is 110 cm³/mol. The third-order valence-electron chi connectivity index (χ3n) is 4.64. The quantitative estimate of drug-likeness (QED) is 0.505. The molecule has 0 N–H and O–H groups in total. The molecule has 0 aliphatic carbocycles. The highest BCUT2D eigenvalue weighted by Gasteiger charge is 2.12. The zero-order valence-electron chi connectivity index (χ0n) is 15.5. The fraction of sp³-hybridized carbons (Fsp3) is 0.190. The number of hydrogen-bond acceptors (Lipinski definition) is 4. The number of aromatic nitrogens is 4. The van der Waals surface area contributed by atoms with Gasteiger partial charge in [0, 0.05) is 19.4 Å². The number of imidazole rings is 1. The average molecular weight is 376 g/mol. The van der Waals surface area contributed by atoms with Gasteiger partial charge in [-0.2, -0.15) is 0 Å². The third kappa shape index (κ3) is 3.28. The molecule has 0 unspecified atom stereocenters. The van der Waals surface area contributed by atoms with E-state index in [1.165, 1.54) is 11.1 Å². The molecule has 0 saturated heterocycles. The lowest BCUT2D eigenvalue weighted by atomic mass is 10.1. The fourth-order valence-electron chi connectivity index (χ4n) is 3.08. The molecule has 6 heteroatoms. The molecule has 0 radical (unpaired) electrons. The number of nitrogens with zero attached hydrogens (tertiary/aromatic N) is 4. The Morgan fingerprint density at radius 3 is 2.78 bits per heavy atom. The van der Waals surface area contributed by atoms with Gasteiger partial charge < -0.3 is 0 Å². The van der Waals surface area contributed by atoms with Gasteiger partial charge in [-0.1, -0.05) is 36.0 Å². The van der Waals surface area contributed by atoms with E-state index in [1.807, 2.05) is 30.5 Å². The Balaban J connectivity index is 1.67. The molecular formula is C21H20N4OS. The maximum atomic E-state index is 12.6. The van der Waals surface area contributed by atoms with Crippen LogP contribution in [0.5, 0.6) is 0 Å². The second-order valence-electron chi connectivity index (χ2n) is 6.57. The summed E-state index contributed by atoms with van der Waals surface area (Å²) >= 11 is 1.58. The minimum Gasteiger partial charge on any atom is -0.299 e. The Kier molecular flexibility index (Phi) is 4.58. The van der Waals surface area contributed by atoms with Gasteiger partial charge in [-0.15, -0.1) is 0 Å². The van der Waals surface area contributed by atoms with Crippen LogP contribution in [0.2, 0.25) is 0 Å². The molecule has 0 aliphatic heterocycles. The lowest BCUT2D eigenvalue weighted by Gasteiger charge is -2.12. The van der Waals surface area contributed by atoms with Gasteiger partial charge >= 0.3 is 0 Å². The normalized spacial score (nSPS) is 11.2. The lowest BCUT2D eigenvalue weighted by Crippen LogP contribution is -2.21. The first-order valence-corrected chi connectivity index (χ1v) is 9.71. The predicted octanol–water partition coefficient (Wildman–Crippen LogP) is 4.03. The molecule has 0 aliphatic rings. The molecule has 0 bridgehead atoms. The van der Waals surface area contributed by atoms with Gasteiger partial charge in [0.25, 0.3) is 5.56 Å². The third-order valence-corrected chi connectivity index (χ3v) is 5.60. The summed E-state index contributed by atoms with van der Waals surface area (Å²) in [6, 6.07) is 13.8. The van der Waals surface area contributed by atoms with E-state index in [2.05, 4.69) is 46.6 Å². The first-order valence-electron chi connectivity index (χ1n) is 8.73. The molecule has 0 spiro atoms. The number of rotatable bonds is 4. The second-order valence-corrected chi connectivity index (χ2v) is 7.51. The van der Waals surface area contributed by atoms with E-state index in [9.17, 15) is 4.79 Å². The number of para-hydroxylation sites is 1. The molecule has 2 aromatic carbocycles. The average Bonchev–Trinajstić information content (AvgIpc) is 3.14. The van der Waals surface area contributed by atoms with Crippen molar-refractivity contribution < 1.29 is 0 Å². The van der Waals surface area contributed by atoms with Crippen LogP contribution in [0.4, 0.5) is 0 Å². The van der Waals surface area contributed by atoms with Gasteiger partial charge in [-0.25, -0.2) is 9.97 Å². The molecule has 5 nitrogen and oxygen atoms in total. The van der Waals surface area contributed by atoms with Crippen molar-refractivity contribution in [2.45, 2.75) is 24.8 Å². The van der Waals surface area contributed by atoms with Crippen LogP contribution in [0.1, 0.15) is 17.0 Å². The van der Waals surface area contributed by atoms with E-state index in [-0.39, 0.29) is 5.56 Å². The number of fused-ring (bicyclic) bond motifs is 1. The molecule has 2 aromatic heterocycles. The molecular weight excluding hydrogens is 356 g/mol. The molecule has 4 rings (SSSR count). The summed E-state index contributed by atoms with van der Waals surface area (Å²) in [5.74, 6) is 1.30. The van der Waals surface area contributed by atoms with Gasteiger partial charge in [0.1, 0.15) is 5.82 Å². The van der Waals surface area contributed by atoms with E-state index >= 15 is 0 Å². The minimum atomic E-state index is -0.0194. The molecule has 0 fully saturated rings. The maximum Gasteiger partial charge on any atom is 0.261 e. The monoisotopic (exact) mass is 376 g/mol. The summed E-state index contributed by atoms with van der Waals surface area (Å²) in [4.78, 5) is 21.8. The molecule has 136 valence electrons. The van der Waals surface area contributed by atoms with Crippen molar-refractivity contribution >= 4 is 22.7 Å². The smallest absolute Gasteiger partial charge is 0.261 e. The van der Waals surface area contributed by atoms with Gasteiger partial charge in [0.2, 0.25) is 0 Å². The van der Waals surface area contributed by atoms with Crippen LogP contribution >= 0.6 is 11.8 Å². The van der Waals surface area contributed by atoms with Crippen LogP contribution in [0, 0.1) is 13.8 Å². The zero-order valence-corrected chi connectivity index (χ0v) is 16.3. The zero-order chi connectivity index (χ0) is 19.0. The largest absolute Gasteiger partial charge is 0.299 e. The van der Waals surface area contributed by atoms with Gasteiger partial charge in [-0.05, 0) is 43.2 Å². The molecule has 0 saturated carbocycles. The van der Waals surface area contributed by atoms with E-state index in [1.54, 1.807) is 29.6 Å². The highest BCUT2D eigenvalue weighted by molar-refractivity contribution is 7.98. The van der Waals surface area contributed by atoms with Gasteiger partial charge in [0.15, 0.2) is 5.16 Å². The summed E-state index contributed by atoms with van der Waals surface area (Å²) in [5.41, 5.74) is 4.23. The maximum absolute atomic E-state index is 12.6. The molecule has 2 heterocycles. The SMILES string of the molecule is Cc1ccc(C)c(-n2ccnc2SCc2nc3ccccc3c(=O)n2C)c1. The number of hydrogen-bond donors (Lipinski definition) is 0. The molecule has 4 aromatic rings. The Morgan fingerprint density at radius 1 is 1.11 bits per heavy atom. The Bertz CT molecular complexity index is 1190. The summed E-state index contributed by atoms with van der Waals surface area (Å²) in [5, 5.41) is 1.52. The molecule has 27 heavy (non-hydrogen) atoms. The second kappa shape index (κ2) is 7.04. The van der Waals surface area contributed by atoms with Crippen molar-refractivity contribution in [3.8, 4) is 5.69 Å². The van der Waals surface area contributed by atoms with Crippen LogP contribution in [-0.4, -0.2) is 19.1 Å². The standard InChI is InChI=1S/C21H20N4OS/c1-14-8-9-15(2)18(12-14)25-11-10-22-21(25)27-13-19-23-17-7-5-4-6-16(17)20(26)24(19)3/h4-12H,13H2,1-3H3. The minimum absolute atomic E-state index is 0.0194. The van der Waals surface area contributed by atoms with E-state index in [0.29, 0.717) is 11.1 Å². The van der Waals surface area contributed by atoms with E-state index < -0.39 is 0 Å². The van der Waals surface area contributed by atoms with E-state index in [4.69, 9.17) is 0 Å². The Hall–Kier alpha value is -2.86. The van der Waals surface area contributed by atoms with Crippen LogP contribution in [0.3, 0.4) is 0 Å². The molecule has 0 atom stereocenters. The van der Waals surface area contributed by atoms with Crippen molar-refractivity contribution in [2.24, 2.45) is 7.05 Å². The van der Waals surface area contributed by atoms with Crippen molar-refractivity contribution in [1.82, 2.24) is 19.1 Å². The summed E-state index contributed by atoms with van der Waals surface area (Å²) in [7, 11) is 1.77. The summed E-state index contributed by atoms with van der Waals surface area (Å²) in [6.45, 7) is 4.18. The van der Waals surface area contributed by atoms with Crippen molar-refractivity contribution in [3.63, 3.8) is 0 Å². The number of thioether (sulfide) groups is 1.